The van der Waals surface area contributed by atoms with Crippen LogP contribution in [0.2, 0.25) is 5.02 Å². The molecule has 1 amide bonds. The Morgan fingerprint density at radius 3 is 2.08 bits per heavy atom. The zero-order valence-corrected chi connectivity index (χ0v) is 26.2. The standard InChI is InChI=1S/C34H48ClN2O2S/c1-3-5-6-7-8-9-10-11-12-13-14-15-23-39-33-25-30(18-21-32(33)35)27-37(34(38)4-2)31-19-16-29(17-20-31)26-36-22-24-40-28-36/h16-22,24-25,28H,3-15,23,26-27H2,1-2H3/q+1. The minimum Gasteiger partial charge on any atom is -0.492 e. The Morgan fingerprint density at radius 1 is 0.850 bits per heavy atom. The molecule has 0 aliphatic carbocycles. The fourth-order valence-electron chi connectivity index (χ4n) is 4.92. The van der Waals surface area contributed by atoms with Crippen LogP contribution in [0.1, 0.15) is 108 Å². The molecule has 0 bridgehead atoms. The summed E-state index contributed by atoms with van der Waals surface area (Å²) in [5.74, 6) is 0.795. The largest absolute Gasteiger partial charge is 0.492 e. The average Bonchev–Trinajstić information content (AvgIpc) is 3.49. The number of amides is 1. The molecule has 0 saturated heterocycles. The summed E-state index contributed by atoms with van der Waals surface area (Å²) in [7, 11) is 0. The summed E-state index contributed by atoms with van der Waals surface area (Å²) in [4.78, 5) is 14.7. The van der Waals surface area contributed by atoms with E-state index in [4.69, 9.17) is 16.3 Å². The first-order valence-corrected chi connectivity index (χ1v) is 16.6. The molecule has 4 nitrogen and oxygen atoms in total. The lowest BCUT2D eigenvalue weighted by molar-refractivity contribution is -0.683. The van der Waals surface area contributed by atoms with Crippen LogP contribution < -0.4 is 14.2 Å². The molecular weight excluding hydrogens is 536 g/mol. The highest BCUT2D eigenvalue weighted by molar-refractivity contribution is 7.07. The molecule has 0 N–H and O–H groups in total. The molecular formula is C34H48ClN2O2S+. The summed E-state index contributed by atoms with van der Waals surface area (Å²) in [5.41, 5.74) is 5.21. The Kier molecular flexibility index (Phi) is 15.2. The van der Waals surface area contributed by atoms with Gasteiger partial charge in [0, 0.05) is 17.7 Å². The molecule has 40 heavy (non-hydrogen) atoms. The van der Waals surface area contributed by atoms with E-state index in [1.807, 2.05) is 42.2 Å². The number of rotatable bonds is 20. The van der Waals surface area contributed by atoms with Crippen molar-refractivity contribution in [3.63, 3.8) is 0 Å². The maximum absolute atomic E-state index is 12.9. The number of carbonyl (C=O) groups is 1. The third-order valence-corrected chi connectivity index (χ3v) is 8.32. The number of unbranched alkanes of at least 4 members (excludes halogenated alkanes) is 11. The molecule has 1 aromatic heterocycles. The Bertz CT molecular complexity index is 1100. The normalized spacial score (nSPS) is 11.1. The molecule has 3 aromatic rings. The van der Waals surface area contributed by atoms with E-state index in [0.717, 1.165) is 24.2 Å². The Hall–Kier alpha value is -2.37. The molecule has 3 rings (SSSR count). The van der Waals surface area contributed by atoms with Crippen molar-refractivity contribution < 1.29 is 14.1 Å². The zero-order chi connectivity index (χ0) is 28.4. The average molecular weight is 584 g/mol. The van der Waals surface area contributed by atoms with Crippen LogP contribution in [0.15, 0.2) is 59.6 Å². The number of anilines is 1. The highest BCUT2D eigenvalue weighted by Crippen LogP contribution is 2.28. The molecule has 6 heteroatoms. The number of benzene rings is 2. The number of carbonyl (C=O) groups excluding carboxylic acids is 1. The predicted molar refractivity (Wildman–Crippen MR) is 170 cm³/mol. The van der Waals surface area contributed by atoms with Gasteiger partial charge >= 0.3 is 0 Å². The van der Waals surface area contributed by atoms with E-state index in [1.54, 1.807) is 11.3 Å². The van der Waals surface area contributed by atoms with Gasteiger partial charge in [-0.3, -0.25) is 4.79 Å². The quantitative estimate of drug-likeness (QED) is 0.0979. The van der Waals surface area contributed by atoms with Gasteiger partial charge in [-0.2, -0.15) is 4.57 Å². The molecule has 0 atom stereocenters. The van der Waals surface area contributed by atoms with Gasteiger partial charge in [0.1, 0.15) is 5.75 Å². The molecule has 0 radical (unpaired) electrons. The maximum atomic E-state index is 12.9. The lowest BCUT2D eigenvalue weighted by atomic mass is 10.1. The lowest BCUT2D eigenvalue weighted by Gasteiger charge is -2.23. The first kappa shape index (κ1) is 32.1. The molecule has 0 unspecified atom stereocenters. The van der Waals surface area contributed by atoms with Crippen molar-refractivity contribution in [1.82, 2.24) is 0 Å². The summed E-state index contributed by atoms with van der Waals surface area (Å²) in [5, 5.41) is 2.69. The number of ether oxygens (including phenoxy) is 1. The van der Waals surface area contributed by atoms with Crippen LogP contribution in [0.3, 0.4) is 0 Å². The van der Waals surface area contributed by atoms with Gasteiger partial charge < -0.3 is 9.64 Å². The van der Waals surface area contributed by atoms with Gasteiger partial charge in [-0.15, -0.1) is 0 Å². The van der Waals surface area contributed by atoms with Crippen LogP contribution >= 0.6 is 22.9 Å². The van der Waals surface area contributed by atoms with Crippen LogP contribution in [0.5, 0.6) is 5.75 Å². The van der Waals surface area contributed by atoms with Crippen molar-refractivity contribution >= 4 is 34.5 Å². The second kappa shape index (κ2) is 18.9. The molecule has 0 aliphatic heterocycles. The van der Waals surface area contributed by atoms with Gasteiger partial charge in [-0.05, 0) is 36.2 Å². The highest BCUT2D eigenvalue weighted by atomic mass is 35.5. The van der Waals surface area contributed by atoms with E-state index in [0.29, 0.717) is 30.3 Å². The number of thiazole rings is 1. The van der Waals surface area contributed by atoms with Gasteiger partial charge in [-0.25, -0.2) is 0 Å². The van der Waals surface area contributed by atoms with Gasteiger partial charge in [0.05, 0.1) is 23.6 Å². The molecule has 1 heterocycles. The van der Waals surface area contributed by atoms with E-state index in [9.17, 15) is 4.79 Å². The fraction of sp³-hybridized carbons (Fsp3) is 0.529. The van der Waals surface area contributed by atoms with Crippen molar-refractivity contribution in [2.75, 3.05) is 11.5 Å². The predicted octanol–water partition coefficient (Wildman–Crippen LogP) is 9.76. The summed E-state index contributed by atoms with van der Waals surface area (Å²) < 4.78 is 8.23. The number of hydrogen-bond donors (Lipinski definition) is 0. The summed E-state index contributed by atoms with van der Waals surface area (Å²) >= 11 is 8.14. The SMILES string of the molecule is CCCCCCCCCCCCCCOc1cc(CN(C(=O)CC)c2ccc(C[n+]3ccsc3)cc2)ccc1Cl. The number of hydrogen-bond acceptors (Lipinski definition) is 3. The number of aromatic nitrogens is 1. The monoisotopic (exact) mass is 583 g/mol. The van der Waals surface area contributed by atoms with E-state index in [2.05, 4.69) is 40.7 Å². The molecule has 218 valence electrons. The van der Waals surface area contributed by atoms with Crippen molar-refractivity contribution in [1.29, 1.82) is 0 Å². The Labute approximate surface area is 251 Å². The lowest BCUT2D eigenvalue weighted by Crippen LogP contribution is -2.31. The first-order chi connectivity index (χ1) is 19.6. The van der Waals surface area contributed by atoms with E-state index >= 15 is 0 Å². The zero-order valence-electron chi connectivity index (χ0n) is 24.6. The molecule has 2 aromatic carbocycles. The van der Waals surface area contributed by atoms with Crippen molar-refractivity contribution in [3.05, 3.63) is 75.7 Å². The van der Waals surface area contributed by atoms with Crippen molar-refractivity contribution in [2.24, 2.45) is 0 Å². The van der Waals surface area contributed by atoms with Crippen molar-refractivity contribution in [3.8, 4) is 5.75 Å². The summed E-state index contributed by atoms with van der Waals surface area (Å²) in [6.07, 6.45) is 18.4. The highest BCUT2D eigenvalue weighted by Gasteiger charge is 2.16. The van der Waals surface area contributed by atoms with Gasteiger partial charge in [0.15, 0.2) is 12.7 Å². The fourth-order valence-corrected chi connectivity index (χ4v) is 5.69. The minimum absolute atomic E-state index is 0.0915. The first-order valence-electron chi connectivity index (χ1n) is 15.3. The summed E-state index contributed by atoms with van der Waals surface area (Å²) in [6.45, 7) is 6.15. The topological polar surface area (TPSA) is 33.4 Å². The second-order valence-corrected chi connectivity index (χ2v) is 11.9. The molecule has 0 spiro atoms. The maximum Gasteiger partial charge on any atom is 0.227 e. The van der Waals surface area contributed by atoms with Gasteiger partial charge in [0.25, 0.3) is 0 Å². The van der Waals surface area contributed by atoms with Crippen LogP contribution in [0.25, 0.3) is 0 Å². The summed E-state index contributed by atoms with van der Waals surface area (Å²) in [6, 6.07) is 14.1. The Balaban J connectivity index is 1.43. The Morgan fingerprint density at radius 2 is 1.48 bits per heavy atom. The van der Waals surface area contributed by atoms with E-state index in [1.165, 1.54) is 76.2 Å². The smallest absolute Gasteiger partial charge is 0.227 e. The van der Waals surface area contributed by atoms with Crippen LogP contribution in [0, 0.1) is 0 Å². The van der Waals surface area contributed by atoms with E-state index in [-0.39, 0.29) is 5.91 Å². The van der Waals surface area contributed by atoms with Crippen LogP contribution in [-0.2, 0) is 17.9 Å². The van der Waals surface area contributed by atoms with E-state index < -0.39 is 0 Å². The van der Waals surface area contributed by atoms with Gasteiger partial charge in [-0.1, -0.05) is 126 Å². The van der Waals surface area contributed by atoms with Crippen molar-refractivity contribution in [2.45, 2.75) is 110 Å². The number of nitrogens with zero attached hydrogens (tertiary/aromatic N) is 2. The third-order valence-electron chi connectivity index (χ3n) is 7.34. The van der Waals surface area contributed by atoms with Gasteiger partial charge in [0.2, 0.25) is 11.4 Å². The van der Waals surface area contributed by atoms with Crippen LogP contribution in [-0.4, -0.2) is 12.5 Å². The van der Waals surface area contributed by atoms with Crippen LogP contribution in [0.4, 0.5) is 5.69 Å². The minimum atomic E-state index is 0.0915. The number of halogens is 1. The molecule has 0 saturated carbocycles. The molecule has 0 fully saturated rings. The molecule has 0 aliphatic rings. The second-order valence-electron chi connectivity index (χ2n) is 10.7. The third kappa shape index (κ3) is 11.6.